The first-order valence-corrected chi connectivity index (χ1v) is 9.01. The van der Waals surface area contributed by atoms with Crippen molar-refractivity contribution in [3.8, 4) is 16.9 Å². The predicted molar refractivity (Wildman–Crippen MR) is 108 cm³/mol. The van der Waals surface area contributed by atoms with Crippen molar-refractivity contribution in [3.05, 3.63) is 54.6 Å². The van der Waals surface area contributed by atoms with Crippen LogP contribution in [0.2, 0.25) is 0 Å². The molecule has 2 aromatic carbocycles. The Balaban J connectivity index is 0.00000243. The molecule has 3 rings (SSSR count). The molecule has 1 amide bonds. The largest absolute Gasteiger partial charge is 0.492 e. The summed E-state index contributed by atoms with van der Waals surface area (Å²) in [5.74, 6) is 1.39. The quantitative estimate of drug-likeness (QED) is 0.811. The molecule has 0 radical (unpaired) electrons. The summed E-state index contributed by atoms with van der Waals surface area (Å²) in [7, 11) is 0. The van der Waals surface area contributed by atoms with E-state index in [1.54, 1.807) is 0 Å². The fourth-order valence-corrected chi connectivity index (χ4v) is 3.16. The number of hydrogen-bond donors (Lipinski definition) is 2. The molecule has 0 bridgehead atoms. The maximum atomic E-state index is 12.2. The van der Waals surface area contributed by atoms with Crippen LogP contribution >= 0.6 is 12.4 Å². The van der Waals surface area contributed by atoms with Crippen molar-refractivity contribution in [2.24, 2.45) is 5.92 Å². The first-order chi connectivity index (χ1) is 12.2. The van der Waals surface area contributed by atoms with Crippen LogP contribution in [0.15, 0.2) is 54.6 Å². The van der Waals surface area contributed by atoms with Gasteiger partial charge in [0.05, 0.1) is 13.0 Å². The molecule has 2 aromatic rings. The van der Waals surface area contributed by atoms with Gasteiger partial charge in [-0.3, -0.25) is 4.79 Å². The summed E-state index contributed by atoms with van der Waals surface area (Å²) >= 11 is 0. The minimum absolute atomic E-state index is 0. The summed E-state index contributed by atoms with van der Waals surface area (Å²) in [6.07, 6.45) is 1.47. The number of halogens is 1. The van der Waals surface area contributed by atoms with Gasteiger partial charge in [0.1, 0.15) is 5.75 Å². The summed E-state index contributed by atoms with van der Waals surface area (Å²) in [5, 5.41) is 6.45. The molecule has 0 spiro atoms. The number of rotatable bonds is 6. The number of nitrogens with one attached hydrogen (secondary N) is 2. The van der Waals surface area contributed by atoms with Gasteiger partial charge in [-0.2, -0.15) is 0 Å². The average molecular weight is 375 g/mol. The molecule has 2 atom stereocenters. The highest BCUT2D eigenvalue weighted by Crippen LogP contribution is 2.29. The molecule has 0 aliphatic carbocycles. The molecule has 2 unspecified atom stereocenters. The lowest BCUT2D eigenvalue weighted by atomic mass is 9.95. The number of benzene rings is 2. The van der Waals surface area contributed by atoms with Gasteiger partial charge in [0, 0.05) is 18.2 Å². The van der Waals surface area contributed by atoms with Gasteiger partial charge >= 0.3 is 0 Å². The SMILES string of the molecule is CC1CCNCC1NC(=O)CCOc1ccccc1-c1ccccc1.Cl. The van der Waals surface area contributed by atoms with Crippen LogP contribution < -0.4 is 15.4 Å². The van der Waals surface area contributed by atoms with E-state index >= 15 is 0 Å². The van der Waals surface area contributed by atoms with E-state index in [0.29, 0.717) is 18.9 Å². The van der Waals surface area contributed by atoms with E-state index in [1.807, 2.05) is 42.5 Å². The van der Waals surface area contributed by atoms with Gasteiger partial charge in [-0.25, -0.2) is 0 Å². The maximum Gasteiger partial charge on any atom is 0.223 e. The average Bonchev–Trinajstić information content (AvgIpc) is 2.65. The summed E-state index contributed by atoms with van der Waals surface area (Å²) in [6, 6.07) is 18.3. The summed E-state index contributed by atoms with van der Waals surface area (Å²) in [6.45, 7) is 4.46. The number of hydrogen-bond acceptors (Lipinski definition) is 3. The first-order valence-electron chi connectivity index (χ1n) is 9.01. The van der Waals surface area contributed by atoms with E-state index in [1.165, 1.54) is 0 Å². The van der Waals surface area contributed by atoms with Crippen molar-refractivity contribution in [3.63, 3.8) is 0 Å². The van der Waals surface area contributed by atoms with E-state index in [0.717, 1.165) is 36.4 Å². The maximum absolute atomic E-state index is 12.2. The van der Waals surface area contributed by atoms with E-state index < -0.39 is 0 Å². The lowest BCUT2D eigenvalue weighted by Gasteiger charge is -2.30. The second-order valence-electron chi connectivity index (χ2n) is 6.60. The topological polar surface area (TPSA) is 50.4 Å². The van der Waals surface area contributed by atoms with E-state index in [-0.39, 0.29) is 24.4 Å². The molecule has 4 nitrogen and oxygen atoms in total. The van der Waals surface area contributed by atoms with Gasteiger partial charge in [-0.15, -0.1) is 12.4 Å². The minimum Gasteiger partial charge on any atom is -0.492 e. The monoisotopic (exact) mass is 374 g/mol. The highest BCUT2D eigenvalue weighted by Gasteiger charge is 2.22. The van der Waals surface area contributed by atoms with Crippen LogP contribution in [0.3, 0.4) is 0 Å². The number of amides is 1. The Hall–Kier alpha value is -2.04. The lowest BCUT2D eigenvalue weighted by molar-refractivity contribution is -0.122. The van der Waals surface area contributed by atoms with Crippen molar-refractivity contribution in [1.82, 2.24) is 10.6 Å². The highest BCUT2D eigenvalue weighted by molar-refractivity contribution is 5.85. The van der Waals surface area contributed by atoms with Gasteiger partial charge in [-0.05, 0) is 30.5 Å². The zero-order valence-electron chi connectivity index (χ0n) is 15.1. The van der Waals surface area contributed by atoms with Crippen LogP contribution in [0, 0.1) is 5.92 Å². The van der Waals surface area contributed by atoms with Crippen LogP contribution in [0.5, 0.6) is 5.75 Å². The fourth-order valence-electron chi connectivity index (χ4n) is 3.16. The zero-order valence-corrected chi connectivity index (χ0v) is 15.9. The van der Waals surface area contributed by atoms with Crippen LogP contribution in [0.25, 0.3) is 11.1 Å². The van der Waals surface area contributed by atoms with Crippen molar-refractivity contribution in [2.45, 2.75) is 25.8 Å². The zero-order chi connectivity index (χ0) is 17.5. The van der Waals surface area contributed by atoms with Crippen LogP contribution in [0.1, 0.15) is 19.8 Å². The first kappa shape index (κ1) is 20.3. The molecule has 1 fully saturated rings. The molecule has 2 N–H and O–H groups in total. The van der Waals surface area contributed by atoms with E-state index in [4.69, 9.17) is 4.74 Å². The van der Waals surface area contributed by atoms with Gasteiger partial charge in [-0.1, -0.05) is 55.5 Å². The van der Waals surface area contributed by atoms with E-state index in [9.17, 15) is 4.79 Å². The van der Waals surface area contributed by atoms with Gasteiger partial charge in [0.2, 0.25) is 5.91 Å². The molecule has 140 valence electrons. The highest BCUT2D eigenvalue weighted by atomic mass is 35.5. The molecule has 1 heterocycles. The lowest BCUT2D eigenvalue weighted by Crippen LogP contribution is -2.50. The summed E-state index contributed by atoms with van der Waals surface area (Å²) in [5.41, 5.74) is 2.17. The van der Waals surface area contributed by atoms with Crippen molar-refractivity contribution in [1.29, 1.82) is 0 Å². The molecular weight excluding hydrogens is 348 g/mol. The minimum atomic E-state index is 0. The van der Waals surface area contributed by atoms with Crippen molar-refractivity contribution >= 4 is 18.3 Å². The Bertz CT molecular complexity index is 693. The Morgan fingerprint density at radius 3 is 2.65 bits per heavy atom. The number of ether oxygens (including phenoxy) is 1. The Morgan fingerprint density at radius 1 is 1.15 bits per heavy atom. The van der Waals surface area contributed by atoms with Gasteiger partial charge in [0.15, 0.2) is 0 Å². The Kier molecular flexibility index (Phi) is 7.95. The van der Waals surface area contributed by atoms with Crippen molar-refractivity contribution < 1.29 is 9.53 Å². The summed E-state index contributed by atoms with van der Waals surface area (Å²) < 4.78 is 5.90. The number of carbonyl (C=O) groups is 1. The molecule has 0 saturated carbocycles. The molecule has 5 heteroatoms. The summed E-state index contributed by atoms with van der Waals surface area (Å²) in [4.78, 5) is 12.2. The molecule has 0 aromatic heterocycles. The third kappa shape index (κ3) is 5.48. The van der Waals surface area contributed by atoms with Crippen LogP contribution in [-0.4, -0.2) is 31.6 Å². The van der Waals surface area contributed by atoms with Crippen molar-refractivity contribution in [2.75, 3.05) is 19.7 Å². The van der Waals surface area contributed by atoms with E-state index in [2.05, 4.69) is 29.7 Å². The molecular formula is C21H27ClN2O2. The normalized spacial score (nSPS) is 19.3. The number of para-hydroxylation sites is 1. The van der Waals surface area contributed by atoms with Crippen LogP contribution in [-0.2, 0) is 4.79 Å². The predicted octanol–water partition coefficient (Wildman–Crippen LogP) is 3.66. The van der Waals surface area contributed by atoms with Gasteiger partial charge < -0.3 is 15.4 Å². The molecule has 26 heavy (non-hydrogen) atoms. The molecule has 1 saturated heterocycles. The number of piperidine rings is 1. The third-order valence-corrected chi connectivity index (χ3v) is 4.73. The smallest absolute Gasteiger partial charge is 0.223 e. The molecule has 1 aliphatic heterocycles. The Labute approximate surface area is 161 Å². The fraction of sp³-hybridized carbons (Fsp3) is 0.381. The molecule has 1 aliphatic rings. The van der Waals surface area contributed by atoms with Gasteiger partial charge in [0.25, 0.3) is 0 Å². The second-order valence-corrected chi connectivity index (χ2v) is 6.60. The third-order valence-electron chi connectivity index (χ3n) is 4.73. The Morgan fingerprint density at radius 2 is 1.88 bits per heavy atom. The second kappa shape index (κ2) is 10.2. The standard InChI is InChI=1S/C21H26N2O2.ClH/c1-16-11-13-22-15-19(16)23-21(24)12-14-25-20-10-6-5-9-18(20)17-7-3-2-4-8-17;/h2-10,16,19,22H,11-15H2,1H3,(H,23,24);1H. The number of carbonyl (C=O) groups excluding carboxylic acids is 1. The van der Waals surface area contributed by atoms with Crippen LogP contribution in [0.4, 0.5) is 0 Å².